The molecule has 1 heterocycles. The minimum atomic E-state index is -0.563. The molecule has 0 aliphatic heterocycles. The SMILES string of the molecule is COC(=O)c1nc(NC2CCCCC2(C)C)sc1C(C)=O. The van der Waals surface area contributed by atoms with Crippen LogP contribution in [0.3, 0.4) is 0 Å². The van der Waals surface area contributed by atoms with Gasteiger partial charge in [0.15, 0.2) is 16.6 Å². The van der Waals surface area contributed by atoms with E-state index in [0.717, 1.165) is 6.42 Å². The molecule has 1 atom stereocenters. The van der Waals surface area contributed by atoms with E-state index in [1.165, 1.54) is 44.6 Å². The molecule has 1 aromatic heterocycles. The molecule has 0 spiro atoms. The summed E-state index contributed by atoms with van der Waals surface area (Å²) in [6.45, 7) is 5.92. The molecule has 1 unspecified atom stereocenters. The molecular weight excluding hydrogens is 288 g/mol. The third-order valence-electron chi connectivity index (χ3n) is 4.13. The van der Waals surface area contributed by atoms with E-state index in [1.807, 2.05) is 0 Å². The third-order valence-corrected chi connectivity index (χ3v) is 5.22. The van der Waals surface area contributed by atoms with Crippen molar-refractivity contribution in [3.8, 4) is 0 Å². The number of esters is 1. The van der Waals surface area contributed by atoms with Gasteiger partial charge in [-0.3, -0.25) is 4.79 Å². The number of carbonyl (C=O) groups excluding carboxylic acids is 2. The molecule has 5 nitrogen and oxygen atoms in total. The second-order valence-corrected chi connectivity index (χ2v) is 7.17. The lowest BCUT2D eigenvalue weighted by Gasteiger charge is -2.38. The van der Waals surface area contributed by atoms with Crippen molar-refractivity contribution in [3.05, 3.63) is 10.6 Å². The van der Waals surface area contributed by atoms with Gasteiger partial charge in [-0.05, 0) is 18.3 Å². The fourth-order valence-corrected chi connectivity index (χ4v) is 3.67. The second-order valence-electron chi connectivity index (χ2n) is 6.18. The van der Waals surface area contributed by atoms with Gasteiger partial charge in [-0.15, -0.1) is 0 Å². The molecule has 6 heteroatoms. The van der Waals surface area contributed by atoms with Gasteiger partial charge in [0.1, 0.15) is 4.88 Å². The third kappa shape index (κ3) is 3.43. The molecule has 1 aliphatic carbocycles. The van der Waals surface area contributed by atoms with E-state index < -0.39 is 5.97 Å². The largest absolute Gasteiger partial charge is 0.464 e. The zero-order valence-corrected chi connectivity index (χ0v) is 13.8. The summed E-state index contributed by atoms with van der Waals surface area (Å²) in [5.74, 6) is -0.726. The molecule has 1 saturated carbocycles. The number of hydrogen-bond donors (Lipinski definition) is 1. The average molecular weight is 310 g/mol. The van der Waals surface area contributed by atoms with Gasteiger partial charge in [-0.1, -0.05) is 38.0 Å². The zero-order chi connectivity index (χ0) is 15.6. The Bertz CT molecular complexity index is 551. The summed E-state index contributed by atoms with van der Waals surface area (Å²) in [4.78, 5) is 28.0. The molecule has 0 radical (unpaired) electrons. The summed E-state index contributed by atoms with van der Waals surface area (Å²) < 4.78 is 4.70. The van der Waals surface area contributed by atoms with E-state index in [9.17, 15) is 9.59 Å². The maximum atomic E-state index is 11.7. The van der Waals surface area contributed by atoms with Gasteiger partial charge in [0.2, 0.25) is 0 Å². The Kier molecular flexibility index (Phi) is 4.66. The highest BCUT2D eigenvalue weighted by Gasteiger charge is 2.33. The Morgan fingerprint density at radius 3 is 2.67 bits per heavy atom. The number of hydrogen-bond acceptors (Lipinski definition) is 6. The van der Waals surface area contributed by atoms with Gasteiger partial charge in [0.25, 0.3) is 0 Å². The number of thiazole rings is 1. The monoisotopic (exact) mass is 310 g/mol. The normalized spacial score (nSPS) is 20.9. The quantitative estimate of drug-likeness (QED) is 0.681. The molecule has 2 rings (SSSR count). The Labute approximate surface area is 129 Å². The minimum absolute atomic E-state index is 0.117. The summed E-state index contributed by atoms with van der Waals surface area (Å²) in [6, 6.07) is 0.308. The standard InChI is InChI=1S/C15H22N2O3S/c1-9(18)12-11(13(19)20-4)17-14(21-12)16-10-7-5-6-8-15(10,2)3/h10H,5-8H2,1-4H3,(H,16,17). The van der Waals surface area contributed by atoms with Gasteiger partial charge in [-0.25, -0.2) is 9.78 Å². The lowest BCUT2D eigenvalue weighted by atomic mass is 9.73. The van der Waals surface area contributed by atoms with Crippen LogP contribution in [0.1, 0.15) is 66.6 Å². The number of aromatic nitrogens is 1. The lowest BCUT2D eigenvalue weighted by Crippen LogP contribution is -2.38. The number of carbonyl (C=O) groups is 2. The van der Waals surface area contributed by atoms with Crippen LogP contribution in [-0.2, 0) is 4.74 Å². The first-order valence-corrected chi connectivity index (χ1v) is 8.03. The summed E-state index contributed by atoms with van der Waals surface area (Å²) in [5.41, 5.74) is 0.303. The van der Waals surface area contributed by atoms with Crippen LogP contribution in [0, 0.1) is 5.41 Å². The first kappa shape index (κ1) is 15.9. The lowest BCUT2D eigenvalue weighted by molar-refractivity contribution is 0.0591. The highest BCUT2D eigenvalue weighted by molar-refractivity contribution is 7.17. The average Bonchev–Trinajstić information content (AvgIpc) is 2.84. The van der Waals surface area contributed by atoms with Crippen molar-refractivity contribution in [2.24, 2.45) is 5.41 Å². The van der Waals surface area contributed by atoms with Crippen LogP contribution in [0.25, 0.3) is 0 Å². The van der Waals surface area contributed by atoms with Crippen molar-refractivity contribution >= 4 is 28.2 Å². The van der Waals surface area contributed by atoms with Crippen LogP contribution in [0.4, 0.5) is 5.13 Å². The Hall–Kier alpha value is -1.43. The molecule has 0 aromatic carbocycles. The van der Waals surface area contributed by atoms with Crippen LogP contribution in [-0.4, -0.2) is 29.9 Å². The van der Waals surface area contributed by atoms with Crippen molar-refractivity contribution in [2.75, 3.05) is 12.4 Å². The molecular formula is C15H22N2O3S. The number of rotatable bonds is 4. The second kappa shape index (κ2) is 6.13. The van der Waals surface area contributed by atoms with Crippen molar-refractivity contribution < 1.29 is 14.3 Å². The van der Waals surface area contributed by atoms with E-state index in [4.69, 9.17) is 4.74 Å². The van der Waals surface area contributed by atoms with Crippen molar-refractivity contribution in [2.45, 2.75) is 52.5 Å². The molecule has 21 heavy (non-hydrogen) atoms. The number of ketones is 1. The molecule has 0 saturated heterocycles. The number of ether oxygens (including phenoxy) is 1. The van der Waals surface area contributed by atoms with Gasteiger partial charge in [0, 0.05) is 13.0 Å². The number of nitrogens with one attached hydrogen (secondary N) is 1. The van der Waals surface area contributed by atoms with Crippen LogP contribution in [0.2, 0.25) is 0 Å². The van der Waals surface area contributed by atoms with Crippen LogP contribution >= 0.6 is 11.3 Å². The van der Waals surface area contributed by atoms with Crippen molar-refractivity contribution in [1.82, 2.24) is 4.98 Å². The van der Waals surface area contributed by atoms with E-state index >= 15 is 0 Å². The van der Waals surface area contributed by atoms with E-state index in [0.29, 0.717) is 16.1 Å². The summed E-state index contributed by atoms with van der Waals surface area (Å²) >= 11 is 1.23. The number of methoxy groups -OCH3 is 1. The van der Waals surface area contributed by atoms with Gasteiger partial charge in [0.05, 0.1) is 7.11 Å². The Morgan fingerprint density at radius 2 is 2.10 bits per heavy atom. The molecule has 0 bridgehead atoms. The molecule has 1 aromatic rings. The van der Waals surface area contributed by atoms with Crippen LogP contribution < -0.4 is 5.32 Å². The predicted molar refractivity (Wildman–Crippen MR) is 83.1 cm³/mol. The van der Waals surface area contributed by atoms with Crippen LogP contribution in [0.15, 0.2) is 0 Å². The number of nitrogens with zero attached hydrogens (tertiary/aromatic N) is 1. The maximum Gasteiger partial charge on any atom is 0.358 e. The number of anilines is 1. The molecule has 1 fully saturated rings. The van der Waals surface area contributed by atoms with Gasteiger partial charge in [-0.2, -0.15) is 0 Å². The molecule has 116 valence electrons. The zero-order valence-electron chi connectivity index (χ0n) is 13.0. The Balaban J connectivity index is 2.24. The van der Waals surface area contributed by atoms with E-state index in [-0.39, 0.29) is 16.9 Å². The highest BCUT2D eigenvalue weighted by atomic mass is 32.1. The summed E-state index contributed by atoms with van der Waals surface area (Å²) in [7, 11) is 1.29. The highest BCUT2D eigenvalue weighted by Crippen LogP contribution is 2.38. The first-order chi connectivity index (χ1) is 9.85. The molecule has 1 aliphatic rings. The van der Waals surface area contributed by atoms with Crippen molar-refractivity contribution in [1.29, 1.82) is 0 Å². The van der Waals surface area contributed by atoms with E-state index in [2.05, 4.69) is 24.1 Å². The first-order valence-electron chi connectivity index (χ1n) is 7.22. The molecule has 0 amide bonds. The fourth-order valence-electron chi connectivity index (χ4n) is 2.77. The summed E-state index contributed by atoms with van der Waals surface area (Å²) in [5, 5.41) is 4.04. The van der Waals surface area contributed by atoms with Gasteiger partial charge < -0.3 is 10.1 Å². The smallest absolute Gasteiger partial charge is 0.358 e. The molecule has 1 N–H and O–H groups in total. The fraction of sp³-hybridized carbons (Fsp3) is 0.667. The minimum Gasteiger partial charge on any atom is -0.464 e. The van der Waals surface area contributed by atoms with Gasteiger partial charge >= 0.3 is 5.97 Å². The number of Topliss-reactive ketones (excluding diaryl/α,β-unsaturated/α-hetero) is 1. The van der Waals surface area contributed by atoms with Crippen LogP contribution in [0.5, 0.6) is 0 Å². The summed E-state index contributed by atoms with van der Waals surface area (Å²) in [6.07, 6.45) is 4.68. The Morgan fingerprint density at radius 1 is 1.38 bits per heavy atom. The maximum absolute atomic E-state index is 11.7. The van der Waals surface area contributed by atoms with E-state index in [1.54, 1.807) is 0 Å². The van der Waals surface area contributed by atoms with Crippen molar-refractivity contribution in [3.63, 3.8) is 0 Å². The predicted octanol–water partition coefficient (Wildman–Crippen LogP) is 3.51. The topological polar surface area (TPSA) is 68.3 Å².